The Hall–Kier alpha value is -0.823. The largest absolute Gasteiger partial charge is 0.111 e. The quantitative estimate of drug-likeness (QED) is 0.616. The van der Waals surface area contributed by atoms with Crippen LogP contribution in [0.15, 0.2) is 42.1 Å². The first-order valence-corrected chi connectivity index (χ1v) is 5.35. The van der Waals surface area contributed by atoms with E-state index in [2.05, 4.69) is 56.0 Å². The molecule has 1 aromatic rings. The number of benzene rings is 1. The summed E-state index contributed by atoms with van der Waals surface area (Å²) >= 11 is 0. The molecule has 0 atom stereocenters. The van der Waals surface area contributed by atoms with Crippen molar-refractivity contribution in [3.05, 3.63) is 42.1 Å². The minimum atomic E-state index is 0.668. The minimum absolute atomic E-state index is 0.668. The first-order chi connectivity index (χ1) is 5.79. The van der Waals surface area contributed by atoms with Gasteiger partial charge in [0.1, 0.15) is 9.52 Å². The van der Waals surface area contributed by atoms with E-state index in [1.807, 2.05) is 0 Å². The summed E-state index contributed by atoms with van der Waals surface area (Å²) in [4.78, 5) is 0. The summed E-state index contributed by atoms with van der Waals surface area (Å²) in [7, 11) is 0.817. The van der Waals surface area contributed by atoms with E-state index in [9.17, 15) is 0 Å². The van der Waals surface area contributed by atoms with Crippen molar-refractivity contribution >= 4 is 14.7 Å². The van der Waals surface area contributed by atoms with Crippen LogP contribution in [-0.2, 0) is 0 Å². The molecular weight excluding hydrogens is 160 g/mol. The average Bonchev–Trinajstić information content (AvgIpc) is 2.05. The standard InChI is InChI=1S/C11H14Si/c1-10(2)8-9-12-11-6-4-3-5-7-11/h3-10H,1-2H3/b9-8+. The lowest BCUT2D eigenvalue weighted by Gasteiger charge is -1.94. The van der Waals surface area contributed by atoms with Gasteiger partial charge < -0.3 is 0 Å². The molecule has 0 saturated carbocycles. The Morgan fingerprint density at radius 1 is 1.17 bits per heavy atom. The van der Waals surface area contributed by atoms with E-state index in [0.717, 1.165) is 9.52 Å². The first kappa shape index (κ1) is 9.27. The summed E-state index contributed by atoms with van der Waals surface area (Å²) in [5.74, 6) is 0.668. The lowest BCUT2D eigenvalue weighted by Crippen LogP contribution is -2.10. The molecular formula is C11H14Si. The molecule has 0 aliphatic rings. The van der Waals surface area contributed by atoms with E-state index in [4.69, 9.17) is 0 Å². The molecule has 0 unspecified atom stereocenters. The van der Waals surface area contributed by atoms with E-state index < -0.39 is 0 Å². The second kappa shape index (κ2) is 4.94. The highest BCUT2D eigenvalue weighted by atomic mass is 28.2. The maximum atomic E-state index is 2.26. The predicted octanol–water partition coefficient (Wildman–Crippen LogP) is 2.19. The highest BCUT2D eigenvalue weighted by Crippen LogP contribution is 1.92. The van der Waals surface area contributed by atoms with Crippen LogP contribution < -0.4 is 5.19 Å². The van der Waals surface area contributed by atoms with Crippen LogP contribution in [0, 0.1) is 5.92 Å². The molecule has 1 heteroatoms. The summed E-state index contributed by atoms with van der Waals surface area (Å²) in [6.45, 7) is 4.40. The third-order valence-electron chi connectivity index (χ3n) is 1.50. The van der Waals surface area contributed by atoms with Gasteiger partial charge in [0.15, 0.2) is 0 Å². The molecule has 0 saturated heterocycles. The van der Waals surface area contributed by atoms with Gasteiger partial charge in [-0.1, -0.05) is 61.1 Å². The Morgan fingerprint density at radius 2 is 1.83 bits per heavy atom. The van der Waals surface area contributed by atoms with Gasteiger partial charge in [0, 0.05) is 0 Å². The van der Waals surface area contributed by atoms with Crippen molar-refractivity contribution < 1.29 is 0 Å². The van der Waals surface area contributed by atoms with Gasteiger partial charge in [-0.15, -0.1) is 0 Å². The van der Waals surface area contributed by atoms with E-state index >= 15 is 0 Å². The number of hydrogen-bond acceptors (Lipinski definition) is 0. The summed E-state index contributed by atoms with van der Waals surface area (Å²) in [5.41, 5.74) is 2.26. The SMILES string of the molecule is CC(C)/C=C/[Si]c1ccccc1. The van der Waals surface area contributed by atoms with Crippen LogP contribution in [0.4, 0.5) is 0 Å². The maximum absolute atomic E-state index is 2.26. The zero-order valence-electron chi connectivity index (χ0n) is 7.62. The highest BCUT2D eigenvalue weighted by molar-refractivity contribution is 6.58. The fourth-order valence-corrected chi connectivity index (χ4v) is 1.93. The summed E-state index contributed by atoms with van der Waals surface area (Å²) in [5, 5.41) is 1.41. The summed E-state index contributed by atoms with van der Waals surface area (Å²) in [6, 6.07) is 10.6. The van der Waals surface area contributed by atoms with Crippen LogP contribution in [0.25, 0.3) is 0 Å². The van der Waals surface area contributed by atoms with Crippen molar-refractivity contribution in [3.63, 3.8) is 0 Å². The Kier molecular flexibility index (Phi) is 3.81. The van der Waals surface area contributed by atoms with Crippen LogP contribution >= 0.6 is 0 Å². The van der Waals surface area contributed by atoms with Gasteiger partial charge in [-0.25, -0.2) is 0 Å². The molecule has 0 amide bonds. The van der Waals surface area contributed by atoms with Crippen molar-refractivity contribution in [3.8, 4) is 0 Å². The van der Waals surface area contributed by atoms with Crippen molar-refractivity contribution in [1.82, 2.24) is 0 Å². The van der Waals surface area contributed by atoms with Crippen LogP contribution in [0.5, 0.6) is 0 Å². The van der Waals surface area contributed by atoms with Gasteiger partial charge in [-0.3, -0.25) is 0 Å². The minimum Gasteiger partial charge on any atom is -0.0971 e. The monoisotopic (exact) mass is 174 g/mol. The van der Waals surface area contributed by atoms with Crippen LogP contribution in [0.2, 0.25) is 0 Å². The second-order valence-electron chi connectivity index (χ2n) is 3.11. The van der Waals surface area contributed by atoms with E-state index in [1.54, 1.807) is 0 Å². The average molecular weight is 174 g/mol. The molecule has 1 rings (SSSR count). The molecule has 62 valence electrons. The first-order valence-electron chi connectivity index (χ1n) is 4.27. The predicted molar refractivity (Wildman–Crippen MR) is 55.8 cm³/mol. The highest BCUT2D eigenvalue weighted by Gasteiger charge is 1.88. The zero-order valence-corrected chi connectivity index (χ0v) is 8.62. The Balaban J connectivity index is 2.43. The van der Waals surface area contributed by atoms with E-state index in [1.165, 1.54) is 5.19 Å². The molecule has 0 N–H and O–H groups in total. The fraction of sp³-hybridized carbons (Fsp3) is 0.273. The van der Waals surface area contributed by atoms with Gasteiger partial charge in [-0.05, 0) is 5.92 Å². The van der Waals surface area contributed by atoms with E-state index in [0.29, 0.717) is 5.92 Å². The normalized spacial score (nSPS) is 11.2. The Labute approximate surface area is 77.1 Å². The molecule has 0 aliphatic heterocycles. The second-order valence-corrected chi connectivity index (χ2v) is 4.31. The van der Waals surface area contributed by atoms with Gasteiger partial charge in [0.25, 0.3) is 0 Å². The topological polar surface area (TPSA) is 0 Å². The van der Waals surface area contributed by atoms with Crippen molar-refractivity contribution in [2.45, 2.75) is 13.8 Å². The molecule has 12 heavy (non-hydrogen) atoms. The van der Waals surface area contributed by atoms with Gasteiger partial charge in [0.05, 0.1) is 0 Å². The molecule has 0 heterocycles. The van der Waals surface area contributed by atoms with E-state index in [-0.39, 0.29) is 0 Å². The number of hydrogen-bond donors (Lipinski definition) is 0. The van der Waals surface area contributed by atoms with Gasteiger partial charge in [-0.2, -0.15) is 0 Å². The Morgan fingerprint density at radius 3 is 2.42 bits per heavy atom. The van der Waals surface area contributed by atoms with Crippen LogP contribution in [0.3, 0.4) is 0 Å². The smallest absolute Gasteiger partial charge is 0.0971 e. The molecule has 0 spiro atoms. The van der Waals surface area contributed by atoms with Gasteiger partial charge >= 0.3 is 0 Å². The summed E-state index contributed by atoms with van der Waals surface area (Å²) < 4.78 is 0. The molecule has 0 nitrogen and oxygen atoms in total. The van der Waals surface area contributed by atoms with Gasteiger partial charge in [0.2, 0.25) is 0 Å². The lowest BCUT2D eigenvalue weighted by molar-refractivity contribution is 0.833. The molecule has 0 fully saturated rings. The summed E-state index contributed by atoms with van der Waals surface area (Å²) in [6.07, 6.45) is 2.26. The third-order valence-corrected chi connectivity index (χ3v) is 2.53. The fourth-order valence-electron chi connectivity index (χ4n) is 0.871. The third kappa shape index (κ3) is 3.53. The molecule has 0 aromatic heterocycles. The van der Waals surface area contributed by atoms with Crippen LogP contribution in [0.1, 0.15) is 13.8 Å². The van der Waals surface area contributed by atoms with Crippen molar-refractivity contribution in [1.29, 1.82) is 0 Å². The van der Waals surface area contributed by atoms with Crippen LogP contribution in [-0.4, -0.2) is 9.52 Å². The maximum Gasteiger partial charge on any atom is 0.111 e. The van der Waals surface area contributed by atoms with Crippen molar-refractivity contribution in [2.24, 2.45) is 5.92 Å². The molecule has 0 bridgehead atoms. The molecule has 1 aromatic carbocycles. The number of allylic oxidation sites excluding steroid dienone is 1. The zero-order chi connectivity index (χ0) is 8.81. The van der Waals surface area contributed by atoms with Crippen molar-refractivity contribution in [2.75, 3.05) is 0 Å². The molecule has 0 aliphatic carbocycles. The molecule has 2 radical (unpaired) electrons. The number of rotatable bonds is 3. The Bertz CT molecular complexity index is 236. The lowest BCUT2D eigenvalue weighted by atomic mass is 10.2.